The molecule has 1 heterocycles. The molecule has 4 nitrogen and oxygen atoms in total. The molecule has 0 saturated carbocycles. The number of hydrogen-bond donors (Lipinski definition) is 2. The van der Waals surface area contributed by atoms with Gasteiger partial charge in [0.25, 0.3) is 0 Å². The Morgan fingerprint density at radius 2 is 1.96 bits per heavy atom. The second-order valence-corrected chi connectivity index (χ2v) is 7.45. The van der Waals surface area contributed by atoms with Crippen molar-refractivity contribution in [1.82, 2.24) is 15.6 Å². The van der Waals surface area contributed by atoms with Crippen LogP contribution >= 0.6 is 35.3 Å². The Hall–Kier alpha value is -1.22. The van der Waals surface area contributed by atoms with E-state index in [2.05, 4.69) is 46.8 Å². The van der Waals surface area contributed by atoms with Gasteiger partial charge in [0.2, 0.25) is 0 Å². The molecule has 25 heavy (non-hydrogen) atoms. The van der Waals surface area contributed by atoms with Crippen molar-refractivity contribution in [2.75, 3.05) is 13.6 Å². The normalized spacial score (nSPS) is 11.8. The Kier molecular flexibility index (Phi) is 8.78. The lowest BCUT2D eigenvalue weighted by Gasteiger charge is -2.14. The molecule has 0 radical (unpaired) electrons. The van der Waals surface area contributed by atoms with Crippen molar-refractivity contribution in [3.05, 3.63) is 51.7 Å². The Labute approximate surface area is 170 Å². The summed E-state index contributed by atoms with van der Waals surface area (Å²) in [6.45, 7) is 7.71. The van der Waals surface area contributed by atoms with E-state index in [1.54, 1.807) is 30.5 Å². The van der Waals surface area contributed by atoms with Gasteiger partial charge in [0.1, 0.15) is 5.82 Å². The lowest BCUT2D eigenvalue weighted by molar-refractivity contribution is 0.582. The van der Waals surface area contributed by atoms with E-state index in [9.17, 15) is 4.39 Å². The van der Waals surface area contributed by atoms with Crippen molar-refractivity contribution in [1.29, 1.82) is 0 Å². The Morgan fingerprint density at radius 3 is 2.56 bits per heavy atom. The standard InChI is InChI=1S/C18H25FN4S.HI/c1-18(2,3)16-23-14(12-24-16)11-22-17(20-4)21-10-9-13-7-5-6-8-15(13)19;/h5-8,12H,9-11H2,1-4H3,(H2,20,21,22);1H. The van der Waals surface area contributed by atoms with E-state index >= 15 is 0 Å². The van der Waals surface area contributed by atoms with Crippen LogP contribution in [0.4, 0.5) is 4.39 Å². The van der Waals surface area contributed by atoms with Gasteiger partial charge in [0.05, 0.1) is 17.2 Å². The minimum absolute atomic E-state index is 0. The zero-order valence-corrected chi connectivity index (χ0v) is 18.2. The third-order valence-electron chi connectivity index (χ3n) is 3.50. The highest BCUT2D eigenvalue weighted by molar-refractivity contribution is 14.0. The van der Waals surface area contributed by atoms with Crippen molar-refractivity contribution in [2.24, 2.45) is 4.99 Å². The second-order valence-electron chi connectivity index (χ2n) is 6.59. The van der Waals surface area contributed by atoms with Crippen molar-refractivity contribution in [3.63, 3.8) is 0 Å². The molecular weight excluding hydrogens is 450 g/mol. The molecule has 1 aromatic heterocycles. The Balaban J connectivity index is 0.00000312. The van der Waals surface area contributed by atoms with Crippen LogP contribution in [0.3, 0.4) is 0 Å². The molecule has 0 spiro atoms. The van der Waals surface area contributed by atoms with Gasteiger partial charge in [0, 0.05) is 24.4 Å². The summed E-state index contributed by atoms with van der Waals surface area (Å²) >= 11 is 1.68. The predicted molar refractivity (Wildman–Crippen MR) is 115 cm³/mol. The SMILES string of the molecule is CN=C(NCCc1ccccc1F)NCc1csc(C(C)(C)C)n1.I. The van der Waals surface area contributed by atoms with E-state index in [0.29, 0.717) is 31.0 Å². The number of aliphatic imine (C=N–C) groups is 1. The minimum Gasteiger partial charge on any atom is -0.356 e. The summed E-state index contributed by atoms with van der Waals surface area (Å²) in [5.41, 5.74) is 1.78. The number of hydrogen-bond acceptors (Lipinski definition) is 3. The zero-order chi connectivity index (χ0) is 17.6. The summed E-state index contributed by atoms with van der Waals surface area (Å²) < 4.78 is 13.6. The average molecular weight is 476 g/mol. The quantitative estimate of drug-likeness (QED) is 0.388. The summed E-state index contributed by atoms with van der Waals surface area (Å²) in [7, 11) is 1.72. The van der Waals surface area contributed by atoms with Crippen molar-refractivity contribution in [2.45, 2.75) is 39.2 Å². The third-order valence-corrected chi connectivity index (χ3v) is 4.82. The van der Waals surface area contributed by atoms with Gasteiger partial charge in [-0.3, -0.25) is 4.99 Å². The molecule has 0 aliphatic heterocycles. The van der Waals surface area contributed by atoms with Gasteiger partial charge in [-0.25, -0.2) is 9.37 Å². The first-order chi connectivity index (χ1) is 11.4. The molecule has 2 rings (SSSR count). The van der Waals surface area contributed by atoms with Gasteiger partial charge in [-0.15, -0.1) is 35.3 Å². The molecule has 0 aliphatic carbocycles. The van der Waals surface area contributed by atoms with Crippen LogP contribution in [0.25, 0.3) is 0 Å². The van der Waals surface area contributed by atoms with Gasteiger partial charge in [0.15, 0.2) is 5.96 Å². The first-order valence-corrected chi connectivity index (χ1v) is 8.91. The van der Waals surface area contributed by atoms with Gasteiger partial charge in [-0.05, 0) is 18.1 Å². The van der Waals surface area contributed by atoms with Crippen LogP contribution in [0.1, 0.15) is 37.0 Å². The van der Waals surface area contributed by atoms with Gasteiger partial charge in [-0.1, -0.05) is 39.0 Å². The van der Waals surface area contributed by atoms with Crippen LogP contribution in [0.5, 0.6) is 0 Å². The lowest BCUT2D eigenvalue weighted by Crippen LogP contribution is -2.38. The molecular formula is C18H26FIN4S. The number of halogens is 2. The largest absolute Gasteiger partial charge is 0.356 e. The maximum absolute atomic E-state index is 13.6. The van der Waals surface area contributed by atoms with Gasteiger partial charge < -0.3 is 10.6 Å². The van der Waals surface area contributed by atoms with Crippen LogP contribution in [0.2, 0.25) is 0 Å². The molecule has 0 aliphatic rings. The minimum atomic E-state index is -0.167. The van der Waals surface area contributed by atoms with E-state index < -0.39 is 0 Å². The highest BCUT2D eigenvalue weighted by atomic mass is 127. The summed E-state index contributed by atoms with van der Waals surface area (Å²) in [4.78, 5) is 8.84. The molecule has 7 heteroatoms. The molecule has 0 bridgehead atoms. The molecule has 0 atom stereocenters. The maximum Gasteiger partial charge on any atom is 0.191 e. The number of thiazole rings is 1. The molecule has 2 aromatic rings. The van der Waals surface area contributed by atoms with E-state index in [0.717, 1.165) is 10.7 Å². The van der Waals surface area contributed by atoms with E-state index in [1.165, 1.54) is 6.07 Å². The lowest BCUT2D eigenvalue weighted by atomic mass is 9.98. The molecule has 1 aromatic carbocycles. The second kappa shape index (κ2) is 10.1. The molecule has 0 amide bonds. The van der Waals surface area contributed by atoms with Crippen LogP contribution in [0, 0.1) is 5.82 Å². The average Bonchev–Trinajstić information content (AvgIpc) is 3.01. The summed E-state index contributed by atoms with van der Waals surface area (Å²) in [5, 5.41) is 9.64. The molecule has 2 N–H and O–H groups in total. The van der Waals surface area contributed by atoms with Crippen molar-refractivity contribution < 1.29 is 4.39 Å². The smallest absolute Gasteiger partial charge is 0.191 e. The fraction of sp³-hybridized carbons (Fsp3) is 0.444. The first-order valence-electron chi connectivity index (χ1n) is 8.03. The monoisotopic (exact) mass is 476 g/mol. The molecule has 0 fully saturated rings. The van der Waals surface area contributed by atoms with Crippen molar-refractivity contribution >= 4 is 41.3 Å². The van der Waals surface area contributed by atoms with Crippen LogP contribution < -0.4 is 10.6 Å². The summed E-state index contributed by atoms with van der Waals surface area (Å²) in [5.74, 6) is 0.524. The van der Waals surface area contributed by atoms with Crippen LogP contribution in [-0.2, 0) is 18.4 Å². The maximum atomic E-state index is 13.6. The summed E-state index contributed by atoms with van der Waals surface area (Å²) in [6, 6.07) is 6.83. The highest BCUT2D eigenvalue weighted by Crippen LogP contribution is 2.25. The number of benzene rings is 1. The van der Waals surface area contributed by atoms with Gasteiger partial charge in [-0.2, -0.15) is 0 Å². The summed E-state index contributed by atoms with van der Waals surface area (Å²) in [6.07, 6.45) is 0.609. The fourth-order valence-electron chi connectivity index (χ4n) is 2.14. The van der Waals surface area contributed by atoms with E-state index in [-0.39, 0.29) is 35.2 Å². The third kappa shape index (κ3) is 6.89. The zero-order valence-electron chi connectivity index (χ0n) is 15.1. The Bertz CT molecular complexity index is 694. The van der Waals surface area contributed by atoms with Crippen molar-refractivity contribution in [3.8, 4) is 0 Å². The number of rotatable bonds is 5. The molecule has 138 valence electrons. The van der Waals surface area contributed by atoms with E-state index in [1.807, 2.05) is 6.07 Å². The number of nitrogens with zero attached hydrogens (tertiary/aromatic N) is 2. The van der Waals surface area contributed by atoms with E-state index in [4.69, 9.17) is 0 Å². The first kappa shape index (κ1) is 21.8. The predicted octanol–water partition coefficient (Wildman–Crippen LogP) is 4.11. The molecule has 0 unspecified atom stereocenters. The number of aromatic nitrogens is 1. The highest BCUT2D eigenvalue weighted by Gasteiger charge is 2.17. The van der Waals surface area contributed by atoms with Crippen LogP contribution in [0.15, 0.2) is 34.6 Å². The van der Waals surface area contributed by atoms with Gasteiger partial charge >= 0.3 is 0 Å². The topological polar surface area (TPSA) is 49.3 Å². The number of guanidine groups is 1. The van der Waals surface area contributed by atoms with Crippen LogP contribution in [-0.4, -0.2) is 24.5 Å². The molecule has 0 saturated heterocycles. The Morgan fingerprint density at radius 1 is 1.24 bits per heavy atom. The number of nitrogens with one attached hydrogen (secondary N) is 2. The fourth-order valence-corrected chi connectivity index (χ4v) is 3.05.